The Kier molecular flexibility index (Phi) is 6.94. The highest BCUT2D eigenvalue weighted by atomic mass is 127. The summed E-state index contributed by atoms with van der Waals surface area (Å²) < 4.78 is 1.55. The molecule has 4 aromatic rings. The summed E-state index contributed by atoms with van der Waals surface area (Å²) in [5, 5.41) is 4.30. The molecule has 1 heterocycles. The number of hydrogen-bond donors (Lipinski definition) is 0. The summed E-state index contributed by atoms with van der Waals surface area (Å²) in [6.45, 7) is 2.15. The van der Waals surface area contributed by atoms with Crippen molar-refractivity contribution in [1.29, 1.82) is 0 Å². The number of hydrogen-bond acceptors (Lipinski definition) is 1. The van der Waals surface area contributed by atoms with Crippen molar-refractivity contribution in [3.8, 4) is 0 Å². The highest BCUT2D eigenvalue weighted by Crippen LogP contribution is 2.66. The number of para-hydroxylation sites is 1. The lowest BCUT2D eigenvalue weighted by atomic mass is 10.1. The maximum Gasteiger partial charge on any atom is 0.150 e. The molecule has 1 nitrogen and oxygen atoms in total. The van der Waals surface area contributed by atoms with Gasteiger partial charge in [0.05, 0.1) is 0 Å². The molecule has 0 saturated carbocycles. The zero-order valence-corrected chi connectivity index (χ0v) is 21.7. The van der Waals surface area contributed by atoms with Gasteiger partial charge in [-0.25, -0.2) is 0 Å². The molecule has 3 heteroatoms. The summed E-state index contributed by atoms with van der Waals surface area (Å²) in [5.41, 5.74) is 2.95. The summed E-state index contributed by atoms with van der Waals surface area (Å²) in [4.78, 5) is 2.53. The minimum Gasteiger partial charge on any atom is -0.371 e. The van der Waals surface area contributed by atoms with Gasteiger partial charge in [0.1, 0.15) is 19.2 Å². The lowest BCUT2D eigenvalue weighted by Gasteiger charge is -2.33. The van der Waals surface area contributed by atoms with Crippen LogP contribution >= 0.6 is 29.9 Å². The van der Waals surface area contributed by atoms with Gasteiger partial charge < -0.3 is 4.90 Å². The van der Waals surface area contributed by atoms with Gasteiger partial charge in [-0.05, 0) is 66.9 Å². The van der Waals surface area contributed by atoms with E-state index < -0.39 is 7.26 Å². The Morgan fingerprint density at radius 2 is 0.909 bits per heavy atom. The molecule has 1 aliphatic heterocycles. The third-order valence-electron chi connectivity index (χ3n) is 6.51. The Bertz CT molecular complexity index is 1100. The minimum absolute atomic E-state index is 1.07. The third kappa shape index (κ3) is 4.39. The van der Waals surface area contributed by atoms with Gasteiger partial charge in [0, 0.05) is 41.4 Å². The second kappa shape index (κ2) is 10.2. The number of nitrogens with zero attached hydrogens (tertiary/aromatic N) is 1. The van der Waals surface area contributed by atoms with E-state index in [9.17, 15) is 0 Å². The minimum atomic E-state index is -1.96. The van der Waals surface area contributed by atoms with E-state index in [-0.39, 0.29) is 0 Å². The van der Waals surface area contributed by atoms with Gasteiger partial charge in [0.15, 0.2) is 7.26 Å². The van der Waals surface area contributed by atoms with Crippen molar-refractivity contribution < 1.29 is 0 Å². The number of rotatable bonds is 5. The third-order valence-corrected chi connectivity index (χ3v) is 13.6. The average Bonchev–Trinajstić information content (AvgIpc) is 2.91. The van der Waals surface area contributed by atoms with Crippen LogP contribution in [0.2, 0.25) is 0 Å². The van der Waals surface area contributed by atoms with Crippen LogP contribution < -0.4 is 20.8 Å². The Balaban J connectivity index is 1.65. The van der Waals surface area contributed by atoms with E-state index in [0.717, 1.165) is 25.9 Å². The fourth-order valence-electron chi connectivity index (χ4n) is 4.86. The summed E-state index contributed by atoms with van der Waals surface area (Å²) in [6, 6.07) is 44.5. The van der Waals surface area contributed by atoms with Gasteiger partial charge in [-0.3, -0.25) is 0 Å². The molecule has 0 spiro atoms. The SMILES string of the molecule is IC(=C1CCN(c2ccccc2)CC1)[P+](c1ccccc1)(c1ccccc1)c1ccccc1. The molecule has 0 atom stereocenters. The zero-order valence-electron chi connectivity index (χ0n) is 18.6. The van der Waals surface area contributed by atoms with Crippen molar-refractivity contribution in [2.45, 2.75) is 12.8 Å². The summed E-state index contributed by atoms with van der Waals surface area (Å²) in [7, 11) is -1.96. The molecule has 164 valence electrons. The van der Waals surface area contributed by atoms with E-state index in [1.54, 1.807) is 8.89 Å². The van der Waals surface area contributed by atoms with Gasteiger partial charge in [-0.1, -0.05) is 72.8 Å². The zero-order chi connectivity index (χ0) is 22.5. The fraction of sp³-hybridized carbons (Fsp3) is 0.133. The van der Waals surface area contributed by atoms with Gasteiger partial charge in [-0.15, -0.1) is 0 Å². The van der Waals surface area contributed by atoms with Gasteiger partial charge >= 0.3 is 0 Å². The normalized spacial score (nSPS) is 14.2. The van der Waals surface area contributed by atoms with Crippen LogP contribution in [0.25, 0.3) is 0 Å². The summed E-state index contributed by atoms with van der Waals surface area (Å²) in [6.07, 6.45) is 2.23. The second-order valence-corrected chi connectivity index (χ2v) is 13.7. The largest absolute Gasteiger partial charge is 0.371 e. The van der Waals surface area contributed by atoms with E-state index in [4.69, 9.17) is 0 Å². The first kappa shape index (κ1) is 22.4. The van der Waals surface area contributed by atoms with E-state index in [1.165, 1.54) is 21.6 Å². The number of benzene rings is 4. The van der Waals surface area contributed by atoms with Crippen molar-refractivity contribution in [2.75, 3.05) is 18.0 Å². The van der Waals surface area contributed by atoms with Crippen LogP contribution in [0.3, 0.4) is 0 Å². The highest BCUT2D eigenvalue weighted by molar-refractivity contribution is 14.1. The van der Waals surface area contributed by atoms with Gasteiger partial charge in [0.25, 0.3) is 0 Å². The average molecular weight is 560 g/mol. The lowest BCUT2D eigenvalue weighted by Crippen LogP contribution is -2.34. The van der Waals surface area contributed by atoms with Crippen molar-refractivity contribution >= 4 is 51.5 Å². The standard InChI is InChI=1S/C30H28INP/c31-30(25-21-23-32(24-22-25)26-13-5-1-6-14-26)33(27-15-7-2-8-16-27,28-17-9-3-10-18-28)29-19-11-4-12-20-29/h1-20H,21-24H2/q+1. The van der Waals surface area contributed by atoms with Crippen LogP contribution in [0.4, 0.5) is 5.69 Å². The van der Waals surface area contributed by atoms with Crippen LogP contribution in [0.1, 0.15) is 12.8 Å². The lowest BCUT2D eigenvalue weighted by molar-refractivity contribution is 0.686. The van der Waals surface area contributed by atoms with Crippen LogP contribution in [-0.4, -0.2) is 13.1 Å². The molecule has 1 aliphatic rings. The Morgan fingerprint density at radius 1 is 0.545 bits per heavy atom. The molecular formula is C30H28INP+. The van der Waals surface area contributed by atoms with Crippen molar-refractivity contribution in [2.24, 2.45) is 0 Å². The van der Waals surface area contributed by atoms with Crippen LogP contribution in [-0.2, 0) is 0 Å². The topological polar surface area (TPSA) is 3.24 Å². The molecule has 5 rings (SSSR count). The van der Waals surface area contributed by atoms with Crippen molar-refractivity contribution in [3.63, 3.8) is 0 Å². The smallest absolute Gasteiger partial charge is 0.150 e. The molecule has 4 aromatic carbocycles. The first-order valence-electron chi connectivity index (χ1n) is 11.5. The molecular weight excluding hydrogens is 532 g/mol. The molecule has 0 radical (unpaired) electrons. The maximum absolute atomic E-state index is 2.72. The van der Waals surface area contributed by atoms with Crippen molar-refractivity contribution in [1.82, 2.24) is 0 Å². The molecule has 33 heavy (non-hydrogen) atoms. The highest BCUT2D eigenvalue weighted by Gasteiger charge is 2.50. The first-order valence-corrected chi connectivity index (χ1v) is 14.4. The van der Waals surface area contributed by atoms with Crippen LogP contribution in [0.15, 0.2) is 130 Å². The number of halogens is 1. The second-order valence-electron chi connectivity index (χ2n) is 8.39. The molecule has 1 fully saturated rings. The molecule has 1 saturated heterocycles. The number of piperidine rings is 1. The van der Waals surface area contributed by atoms with Crippen LogP contribution in [0, 0.1) is 0 Å². The first-order chi connectivity index (χ1) is 16.3. The van der Waals surface area contributed by atoms with Gasteiger partial charge in [0.2, 0.25) is 0 Å². The molecule has 0 bridgehead atoms. The quantitative estimate of drug-likeness (QED) is 0.189. The van der Waals surface area contributed by atoms with Gasteiger partial charge in [-0.2, -0.15) is 0 Å². The predicted molar refractivity (Wildman–Crippen MR) is 154 cm³/mol. The number of anilines is 1. The maximum atomic E-state index is 2.72. The Hall–Kier alpha value is -2.42. The van der Waals surface area contributed by atoms with E-state index in [1.807, 2.05) is 0 Å². The monoisotopic (exact) mass is 560 g/mol. The van der Waals surface area contributed by atoms with Crippen LogP contribution in [0.5, 0.6) is 0 Å². The molecule has 0 unspecified atom stereocenters. The molecule has 0 N–H and O–H groups in total. The summed E-state index contributed by atoms with van der Waals surface area (Å²) >= 11 is 2.72. The molecule has 0 aromatic heterocycles. The molecule has 0 aliphatic carbocycles. The fourth-order valence-corrected chi connectivity index (χ4v) is 12.0. The van der Waals surface area contributed by atoms with E-state index >= 15 is 0 Å². The van der Waals surface area contributed by atoms with Crippen molar-refractivity contribution in [3.05, 3.63) is 130 Å². The predicted octanol–water partition coefficient (Wildman–Crippen LogP) is 6.93. The van der Waals surface area contributed by atoms with E-state index in [2.05, 4.69) is 149 Å². The molecule has 0 amide bonds. The Labute approximate surface area is 211 Å². The Morgan fingerprint density at radius 3 is 1.30 bits per heavy atom. The summed E-state index contributed by atoms with van der Waals surface area (Å²) in [5.74, 6) is 0. The van der Waals surface area contributed by atoms with E-state index in [0.29, 0.717) is 0 Å².